The first-order valence-electron chi connectivity index (χ1n) is 8.66. The molecule has 1 saturated heterocycles. The number of likely N-dealkylation sites (tertiary alicyclic amines) is 1. The van der Waals surface area contributed by atoms with E-state index in [1.54, 1.807) is 0 Å². The number of nitrogens with two attached hydrogens (primary N) is 1. The molecular weight excluding hydrogens is 280 g/mol. The Balaban J connectivity index is 2.16. The van der Waals surface area contributed by atoms with Crippen LogP contribution in [0, 0.1) is 0 Å². The van der Waals surface area contributed by atoms with Gasteiger partial charge in [0.15, 0.2) is 0 Å². The molecule has 0 saturated carbocycles. The van der Waals surface area contributed by atoms with Gasteiger partial charge in [0.25, 0.3) is 0 Å². The van der Waals surface area contributed by atoms with Gasteiger partial charge < -0.3 is 10.6 Å². The van der Waals surface area contributed by atoms with Crippen LogP contribution in [0.25, 0.3) is 0 Å². The van der Waals surface area contributed by atoms with Crippen LogP contribution in [0.4, 0.5) is 0 Å². The van der Waals surface area contributed by atoms with E-state index >= 15 is 0 Å². The third-order valence-electron chi connectivity index (χ3n) is 4.31. The van der Waals surface area contributed by atoms with Crippen LogP contribution in [0.1, 0.15) is 77.6 Å². The summed E-state index contributed by atoms with van der Waals surface area (Å²) in [7, 11) is 0. The van der Waals surface area contributed by atoms with Crippen molar-refractivity contribution < 1.29 is 14.4 Å². The van der Waals surface area contributed by atoms with E-state index in [0.717, 1.165) is 25.7 Å². The molecule has 22 heavy (non-hydrogen) atoms. The molecule has 1 aliphatic heterocycles. The molecule has 1 fully saturated rings. The van der Waals surface area contributed by atoms with Gasteiger partial charge in [0.1, 0.15) is 11.8 Å². The molecule has 1 heterocycles. The number of carbonyl (C=O) groups is 3. The molecule has 0 bridgehead atoms. The number of hydrogen-bond acceptors (Lipinski definition) is 3. The fourth-order valence-electron chi connectivity index (χ4n) is 3.00. The highest BCUT2D eigenvalue weighted by Crippen LogP contribution is 2.18. The molecule has 1 rings (SSSR count). The second-order valence-corrected chi connectivity index (χ2v) is 6.23. The summed E-state index contributed by atoms with van der Waals surface area (Å²) in [5, 5.41) is 0. The summed E-state index contributed by atoms with van der Waals surface area (Å²) in [5.41, 5.74) is 5.29. The minimum Gasteiger partial charge on any atom is -0.368 e. The van der Waals surface area contributed by atoms with Gasteiger partial charge in [-0.25, -0.2) is 0 Å². The lowest BCUT2D eigenvalue weighted by molar-refractivity contribution is -0.140. The molecule has 126 valence electrons. The minimum atomic E-state index is -0.515. The highest BCUT2D eigenvalue weighted by Gasteiger charge is 2.32. The summed E-state index contributed by atoms with van der Waals surface area (Å²) in [6.45, 7) is 2.73. The number of rotatable bonds is 11. The second-order valence-electron chi connectivity index (χ2n) is 6.23. The summed E-state index contributed by atoms with van der Waals surface area (Å²) in [6.07, 6.45) is 9.88. The molecule has 5 nitrogen and oxygen atoms in total. The van der Waals surface area contributed by atoms with Gasteiger partial charge in [0.2, 0.25) is 11.8 Å². The monoisotopic (exact) mass is 310 g/mol. The molecule has 0 aromatic carbocycles. The number of primary amides is 1. The van der Waals surface area contributed by atoms with Gasteiger partial charge >= 0.3 is 0 Å². The van der Waals surface area contributed by atoms with Gasteiger partial charge in [-0.3, -0.25) is 14.4 Å². The van der Waals surface area contributed by atoms with Gasteiger partial charge in [-0.05, 0) is 19.3 Å². The largest absolute Gasteiger partial charge is 0.368 e. The lowest BCUT2D eigenvalue weighted by Crippen LogP contribution is -2.44. The molecule has 2 amide bonds. The molecule has 5 heteroatoms. The van der Waals surface area contributed by atoms with Crippen LogP contribution in [0.3, 0.4) is 0 Å². The number of ketones is 1. The van der Waals surface area contributed by atoms with E-state index < -0.39 is 11.9 Å². The standard InChI is InChI=1S/C17H30N2O3/c1-2-3-4-5-6-7-8-10-14(20)13-16(21)19-12-9-11-15(19)17(18)22/h15H,2-13H2,1H3,(H2,18,22). The molecule has 1 unspecified atom stereocenters. The number of carbonyl (C=O) groups excluding carboxylic acids is 3. The molecule has 0 spiro atoms. The summed E-state index contributed by atoms with van der Waals surface area (Å²) in [4.78, 5) is 36.7. The van der Waals surface area contributed by atoms with Crippen LogP contribution < -0.4 is 5.73 Å². The topological polar surface area (TPSA) is 80.5 Å². The first-order valence-corrected chi connectivity index (χ1v) is 8.66. The van der Waals surface area contributed by atoms with E-state index in [2.05, 4.69) is 6.92 Å². The Hall–Kier alpha value is -1.39. The SMILES string of the molecule is CCCCCCCCCC(=O)CC(=O)N1CCCC1C(N)=O. The molecule has 0 aliphatic carbocycles. The summed E-state index contributed by atoms with van der Waals surface area (Å²) < 4.78 is 0. The number of amides is 2. The van der Waals surface area contributed by atoms with E-state index in [4.69, 9.17) is 5.73 Å². The number of nitrogens with zero attached hydrogens (tertiary/aromatic N) is 1. The molecule has 1 aliphatic rings. The van der Waals surface area contributed by atoms with Crippen LogP contribution in [0.2, 0.25) is 0 Å². The van der Waals surface area contributed by atoms with E-state index in [1.165, 1.54) is 30.6 Å². The van der Waals surface area contributed by atoms with Crippen molar-refractivity contribution >= 4 is 17.6 Å². The van der Waals surface area contributed by atoms with Crippen molar-refractivity contribution in [3.8, 4) is 0 Å². The highest BCUT2D eigenvalue weighted by molar-refractivity contribution is 5.99. The van der Waals surface area contributed by atoms with Crippen LogP contribution in [0.5, 0.6) is 0 Å². The van der Waals surface area contributed by atoms with Crippen LogP contribution >= 0.6 is 0 Å². The maximum atomic E-state index is 12.1. The number of hydrogen-bond donors (Lipinski definition) is 1. The predicted molar refractivity (Wildman–Crippen MR) is 86.2 cm³/mol. The van der Waals surface area contributed by atoms with Gasteiger partial charge in [0.05, 0.1) is 6.42 Å². The zero-order valence-electron chi connectivity index (χ0n) is 13.8. The third kappa shape index (κ3) is 6.58. The van der Waals surface area contributed by atoms with E-state index in [0.29, 0.717) is 19.4 Å². The fraction of sp³-hybridized carbons (Fsp3) is 0.824. The lowest BCUT2D eigenvalue weighted by Gasteiger charge is -2.21. The van der Waals surface area contributed by atoms with E-state index in [9.17, 15) is 14.4 Å². The number of unbranched alkanes of at least 4 members (excludes halogenated alkanes) is 6. The van der Waals surface area contributed by atoms with E-state index in [-0.39, 0.29) is 18.1 Å². The maximum Gasteiger partial charge on any atom is 0.240 e. The van der Waals surface area contributed by atoms with Crippen molar-refractivity contribution in [3.63, 3.8) is 0 Å². The van der Waals surface area contributed by atoms with Crippen LogP contribution in [-0.4, -0.2) is 35.1 Å². The maximum absolute atomic E-state index is 12.1. The van der Waals surface area contributed by atoms with Crippen LogP contribution in [0.15, 0.2) is 0 Å². The lowest BCUT2D eigenvalue weighted by atomic mass is 10.1. The fourth-order valence-corrected chi connectivity index (χ4v) is 3.00. The first kappa shape index (κ1) is 18.7. The highest BCUT2D eigenvalue weighted by atomic mass is 16.2. The van der Waals surface area contributed by atoms with Crippen molar-refractivity contribution in [3.05, 3.63) is 0 Å². The zero-order valence-corrected chi connectivity index (χ0v) is 13.8. The summed E-state index contributed by atoms with van der Waals surface area (Å²) >= 11 is 0. The molecule has 1 atom stereocenters. The van der Waals surface area contributed by atoms with Crippen molar-refractivity contribution in [1.29, 1.82) is 0 Å². The van der Waals surface area contributed by atoms with Crippen LogP contribution in [-0.2, 0) is 14.4 Å². The Kier molecular flexibility index (Phi) is 8.78. The predicted octanol–water partition coefficient (Wildman–Crippen LogP) is 2.56. The molecule has 0 aromatic rings. The smallest absolute Gasteiger partial charge is 0.240 e. The van der Waals surface area contributed by atoms with E-state index in [1.807, 2.05) is 0 Å². The normalized spacial score (nSPS) is 17.7. The average Bonchev–Trinajstić information content (AvgIpc) is 2.96. The molecule has 0 aromatic heterocycles. The summed E-state index contributed by atoms with van der Waals surface area (Å²) in [5.74, 6) is -0.728. The Morgan fingerprint density at radius 1 is 1.05 bits per heavy atom. The van der Waals surface area contributed by atoms with Gasteiger partial charge in [-0.15, -0.1) is 0 Å². The Morgan fingerprint density at radius 3 is 2.32 bits per heavy atom. The first-order chi connectivity index (χ1) is 10.6. The third-order valence-corrected chi connectivity index (χ3v) is 4.31. The quantitative estimate of drug-likeness (QED) is 0.470. The van der Waals surface area contributed by atoms with Gasteiger partial charge in [-0.1, -0.05) is 45.4 Å². The molecule has 2 N–H and O–H groups in total. The van der Waals surface area contributed by atoms with Gasteiger partial charge in [-0.2, -0.15) is 0 Å². The number of Topliss-reactive ketones (excluding diaryl/α,β-unsaturated/α-hetero) is 1. The molecule has 0 radical (unpaired) electrons. The Bertz CT molecular complexity index is 382. The van der Waals surface area contributed by atoms with Crippen molar-refractivity contribution in [2.24, 2.45) is 5.73 Å². The molecular formula is C17H30N2O3. The Morgan fingerprint density at radius 2 is 1.68 bits per heavy atom. The van der Waals surface area contributed by atoms with Crippen molar-refractivity contribution in [1.82, 2.24) is 4.90 Å². The Labute approximate surface area is 133 Å². The zero-order chi connectivity index (χ0) is 16.4. The van der Waals surface area contributed by atoms with Gasteiger partial charge in [0, 0.05) is 13.0 Å². The second kappa shape index (κ2) is 10.4. The summed E-state index contributed by atoms with van der Waals surface area (Å²) in [6, 6.07) is -0.515. The van der Waals surface area contributed by atoms with Crippen molar-refractivity contribution in [2.45, 2.75) is 83.6 Å². The van der Waals surface area contributed by atoms with Crippen molar-refractivity contribution in [2.75, 3.05) is 6.54 Å². The minimum absolute atomic E-state index is 0.0197. The average molecular weight is 310 g/mol.